The third-order valence-corrected chi connectivity index (χ3v) is 8.22. The van der Waals surface area contributed by atoms with Crippen LogP contribution in [0.25, 0.3) is 0 Å². The molecule has 0 rings (SSSR count). The van der Waals surface area contributed by atoms with Gasteiger partial charge in [-0.15, -0.1) is 0 Å². The lowest BCUT2D eigenvalue weighted by Crippen LogP contribution is -2.42. The molecule has 0 aliphatic heterocycles. The van der Waals surface area contributed by atoms with Gasteiger partial charge in [0.15, 0.2) is 0 Å². The molecule has 8 nitrogen and oxygen atoms in total. The Morgan fingerprint density at radius 1 is 0.643 bits per heavy atom. The molecule has 0 aromatic heterocycles. The van der Waals surface area contributed by atoms with Crippen molar-refractivity contribution in [1.29, 1.82) is 0 Å². The number of hydrogen-bond donors (Lipinski definition) is 2. The highest BCUT2D eigenvalue weighted by atomic mass is 32.2. The molecule has 0 fully saturated rings. The van der Waals surface area contributed by atoms with Gasteiger partial charge in [-0.2, -0.15) is 16.8 Å². The van der Waals surface area contributed by atoms with E-state index in [1.807, 2.05) is 33.8 Å². The molecule has 246 valence electrons. The highest BCUT2D eigenvalue weighted by Crippen LogP contribution is 2.27. The zero-order valence-electron chi connectivity index (χ0n) is 27.7. The van der Waals surface area contributed by atoms with Crippen LogP contribution in [0.2, 0.25) is 0 Å². The van der Waals surface area contributed by atoms with E-state index in [0.717, 1.165) is 54.9 Å². The molecule has 0 aliphatic carbocycles. The minimum atomic E-state index is -3.70. The molecule has 0 spiro atoms. The van der Waals surface area contributed by atoms with Crippen molar-refractivity contribution >= 4 is 20.2 Å². The standard InChI is InChI=1S/C32H58O8S2/c1-25(2)15-14-24-32(8,34)30(40-42(10,37)38)23-21-27(4)17-12-11-16-26(3)18-13-19-28(5)20-22-29(31(6,7)33)39-41(9,35)36/h15-17,19,29-30,33-34H,11-14,18,20-24H2,1-10H3/b26-16+,27-17+,28-19+/t29-,30+,32-/m1/s1. The molecule has 0 saturated carbocycles. The highest BCUT2D eigenvalue weighted by Gasteiger charge is 2.34. The van der Waals surface area contributed by atoms with Crippen LogP contribution in [-0.4, -0.2) is 63.0 Å². The summed E-state index contributed by atoms with van der Waals surface area (Å²) in [4.78, 5) is 0. The number of hydrogen-bond acceptors (Lipinski definition) is 8. The van der Waals surface area contributed by atoms with Gasteiger partial charge in [0, 0.05) is 0 Å². The molecule has 10 heteroatoms. The minimum absolute atomic E-state index is 0.411. The summed E-state index contributed by atoms with van der Waals surface area (Å²) in [5.41, 5.74) is 2.17. The molecule has 2 N–H and O–H groups in total. The molecule has 0 unspecified atom stereocenters. The monoisotopic (exact) mass is 634 g/mol. The minimum Gasteiger partial charge on any atom is -0.388 e. The second-order valence-electron chi connectivity index (χ2n) is 12.8. The van der Waals surface area contributed by atoms with E-state index < -0.39 is 43.6 Å². The Bertz CT molecular complexity index is 1150. The van der Waals surface area contributed by atoms with Gasteiger partial charge in [0.2, 0.25) is 0 Å². The summed E-state index contributed by atoms with van der Waals surface area (Å²) in [6, 6.07) is 0. The van der Waals surface area contributed by atoms with Gasteiger partial charge >= 0.3 is 0 Å². The summed E-state index contributed by atoms with van der Waals surface area (Å²) in [6.45, 7) is 14.8. The van der Waals surface area contributed by atoms with Crippen LogP contribution in [0.1, 0.15) is 120 Å². The van der Waals surface area contributed by atoms with Crippen molar-refractivity contribution in [3.63, 3.8) is 0 Å². The SMILES string of the molecule is CC(C)=CCC[C@@](C)(O)[C@H](CC/C(C)=C/CC/C=C(\C)CC/C=C(\C)CC[C@@H](OS(C)(=O)=O)C(C)(C)O)OS(C)(=O)=O. The lowest BCUT2D eigenvalue weighted by molar-refractivity contribution is -0.0532. The second kappa shape index (κ2) is 18.5. The molecule has 0 radical (unpaired) electrons. The lowest BCUT2D eigenvalue weighted by Gasteiger charge is -2.32. The summed E-state index contributed by atoms with van der Waals surface area (Å²) in [5.74, 6) is 0. The van der Waals surface area contributed by atoms with Gasteiger partial charge in [0.1, 0.15) is 12.2 Å². The first kappa shape index (κ1) is 40.7. The van der Waals surface area contributed by atoms with E-state index in [-0.39, 0.29) is 0 Å². The fraction of sp³-hybridized carbons (Fsp3) is 0.750. The van der Waals surface area contributed by atoms with Crippen LogP contribution in [0, 0.1) is 0 Å². The van der Waals surface area contributed by atoms with E-state index in [1.165, 1.54) is 5.57 Å². The smallest absolute Gasteiger partial charge is 0.264 e. The first-order valence-electron chi connectivity index (χ1n) is 14.8. The van der Waals surface area contributed by atoms with Gasteiger partial charge in [-0.05, 0) is 120 Å². The van der Waals surface area contributed by atoms with Crippen molar-refractivity contribution in [2.24, 2.45) is 0 Å². The topological polar surface area (TPSA) is 127 Å². The predicted molar refractivity (Wildman–Crippen MR) is 173 cm³/mol. The maximum atomic E-state index is 11.8. The zero-order chi connectivity index (χ0) is 32.8. The number of unbranched alkanes of at least 4 members (excludes halogenated alkanes) is 1. The van der Waals surface area contributed by atoms with Crippen molar-refractivity contribution in [2.45, 2.75) is 143 Å². The predicted octanol–water partition coefficient (Wildman–Crippen LogP) is 6.90. The van der Waals surface area contributed by atoms with Crippen LogP contribution in [0.5, 0.6) is 0 Å². The van der Waals surface area contributed by atoms with E-state index in [9.17, 15) is 27.0 Å². The van der Waals surface area contributed by atoms with E-state index in [1.54, 1.807) is 20.8 Å². The molecule has 42 heavy (non-hydrogen) atoms. The number of aliphatic hydroxyl groups is 2. The van der Waals surface area contributed by atoms with Gasteiger partial charge in [-0.25, -0.2) is 0 Å². The van der Waals surface area contributed by atoms with Gasteiger partial charge in [0.25, 0.3) is 20.2 Å². The molecule has 0 aromatic rings. The Hall–Kier alpha value is -1.30. The third-order valence-electron chi connectivity index (χ3n) is 7.05. The maximum Gasteiger partial charge on any atom is 0.264 e. The summed E-state index contributed by atoms with van der Waals surface area (Å²) in [7, 11) is -7.36. The molecular formula is C32H58O8S2. The quantitative estimate of drug-likeness (QED) is 0.0793. The Labute approximate surface area is 257 Å². The summed E-state index contributed by atoms with van der Waals surface area (Å²) in [6.07, 6.45) is 15.7. The molecule has 0 heterocycles. The lowest BCUT2D eigenvalue weighted by atomic mass is 9.89. The van der Waals surface area contributed by atoms with Gasteiger partial charge in [-0.3, -0.25) is 8.37 Å². The molecule has 0 bridgehead atoms. The average Bonchev–Trinajstić information content (AvgIpc) is 2.79. The summed E-state index contributed by atoms with van der Waals surface area (Å²) in [5, 5.41) is 21.2. The maximum absolute atomic E-state index is 11.8. The van der Waals surface area contributed by atoms with Crippen LogP contribution >= 0.6 is 0 Å². The molecule has 3 atom stereocenters. The Balaban J connectivity index is 4.81. The first-order chi connectivity index (χ1) is 19.0. The largest absolute Gasteiger partial charge is 0.388 e. The normalized spacial score (nSPS) is 17.1. The fourth-order valence-electron chi connectivity index (χ4n) is 4.45. The molecular weight excluding hydrogens is 576 g/mol. The summed E-state index contributed by atoms with van der Waals surface area (Å²) < 4.78 is 57.1. The van der Waals surface area contributed by atoms with Crippen LogP contribution < -0.4 is 0 Å². The van der Waals surface area contributed by atoms with Crippen molar-refractivity contribution in [2.75, 3.05) is 12.5 Å². The fourth-order valence-corrected chi connectivity index (χ4v) is 5.93. The highest BCUT2D eigenvalue weighted by molar-refractivity contribution is 7.86. The van der Waals surface area contributed by atoms with Crippen molar-refractivity contribution < 1.29 is 35.4 Å². The van der Waals surface area contributed by atoms with Crippen LogP contribution in [0.15, 0.2) is 46.6 Å². The first-order valence-corrected chi connectivity index (χ1v) is 18.5. The number of rotatable bonds is 21. The van der Waals surface area contributed by atoms with E-state index >= 15 is 0 Å². The second-order valence-corrected chi connectivity index (χ2v) is 16.0. The Morgan fingerprint density at radius 2 is 1.05 bits per heavy atom. The third kappa shape index (κ3) is 21.4. The van der Waals surface area contributed by atoms with Crippen molar-refractivity contribution in [3.8, 4) is 0 Å². The van der Waals surface area contributed by atoms with Crippen molar-refractivity contribution in [1.82, 2.24) is 0 Å². The molecule has 0 aliphatic rings. The molecule has 0 saturated heterocycles. The van der Waals surface area contributed by atoms with Crippen LogP contribution in [0.3, 0.4) is 0 Å². The molecule has 0 aromatic carbocycles. The molecule has 0 amide bonds. The van der Waals surface area contributed by atoms with Crippen LogP contribution in [-0.2, 0) is 28.6 Å². The van der Waals surface area contributed by atoms with Crippen LogP contribution in [0.4, 0.5) is 0 Å². The van der Waals surface area contributed by atoms with Gasteiger partial charge in [0.05, 0.1) is 23.7 Å². The van der Waals surface area contributed by atoms with E-state index in [2.05, 4.69) is 25.2 Å². The zero-order valence-corrected chi connectivity index (χ0v) is 29.3. The Morgan fingerprint density at radius 3 is 1.48 bits per heavy atom. The summed E-state index contributed by atoms with van der Waals surface area (Å²) >= 11 is 0. The van der Waals surface area contributed by atoms with Gasteiger partial charge in [-0.1, -0.05) is 46.6 Å². The Kier molecular flexibility index (Phi) is 17.9. The van der Waals surface area contributed by atoms with Crippen molar-refractivity contribution in [3.05, 3.63) is 46.6 Å². The number of allylic oxidation sites excluding steroid dienone is 8. The van der Waals surface area contributed by atoms with E-state index in [0.29, 0.717) is 38.5 Å². The van der Waals surface area contributed by atoms with E-state index in [4.69, 9.17) is 8.37 Å². The average molecular weight is 635 g/mol. The van der Waals surface area contributed by atoms with Gasteiger partial charge < -0.3 is 10.2 Å².